The van der Waals surface area contributed by atoms with Crippen LogP contribution in [0.15, 0.2) is 54.7 Å². The van der Waals surface area contributed by atoms with Crippen LogP contribution < -0.4 is 4.74 Å². The van der Waals surface area contributed by atoms with Crippen molar-refractivity contribution in [2.45, 2.75) is 0 Å². The summed E-state index contributed by atoms with van der Waals surface area (Å²) in [5, 5.41) is 0.318. The smallest absolute Gasteiger partial charge is 0.343 e. The average Bonchev–Trinajstić information content (AvgIpc) is 2.65. The van der Waals surface area contributed by atoms with Crippen molar-refractivity contribution >= 4 is 17.6 Å². The number of halogens is 3. The van der Waals surface area contributed by atoms with Crippen molar-refractivity contribution in [3.8, 4) is 22.8 Å². The molecule has 2 aromatic carbocycles. The first-order chi connectivity index (χ1) is 12.5. The molecule has 3 rings (SSSR count). The molecule has 0 aliphatic rings. The number of nitrogens with zero attached hydrogens (tertiary/aromatic N) is 1. The third-order valence-electron chi connectivity index (χ3n) is 3.56. The van der Waals surface area contributed by atoms with Gasteiger partial charge in [-0.25, -0.2) is 13.6 Å². The highest BCUT2D eigenvalue weighted by Gasteiger charge is 2.19. The minimum absolute atomic E-state index is 0.0213. The maximum absolute atomic E-state index is 14.1. The molecule has 0 amide bonds. The average molecular weight is 376 g/mol. The molecule has 0 N–H and O–H groups in total. The highest BCUT2D eigenvalue weighted by molar-refractivity contribution is 6.32. The summed E-state index contributed by atoms with van der Waals surface area (Å²) < 4.78 is 38.0. The van der Waals surface area contributed by atoms with E-state index in [2.05, 4.69) is 4.98 Å². The standard InChI is InChI=1S/C19H12ClF2NO3/c1-25-19(24)12-10-23-15(11-5-4-7-14(21)18(11)22)9-17(12)26-16-8-3-2-6-13(16)20/h2-10H,1H3. The van der Waals surface area contributed by atoms with Crippen LogP contribution in [0.25, 0.3) is 11.3 Å². The maximum Gasteiger partial charge on any atom is 0.343 e. The van der Waals surface area contributed by atoms with Gasteiger partial charge < -0.3 is 9.47 Å². The molecule has 0 fully saturated rings. The molecule has 0 radical (unpaired) electrons. The van der Waals surface area contributed by atoms with Crippen LogP contribution in [0.5, 0.6) is 11.5 Å². The van der Waals surface area contributed by atoms with Gasteiger partial charge in [0, 0.05) is 17.8 Å². The molecule has 0 spiro atoms. The summed E-state index contributed by atoms with van der Waals surface area (Å²) in [6, 6.07) is 11.7. The quantitative estimate of drug-likeness (QED) is 0.584. The third-order valence-corrected chi connectivity index (χ3v) is 3.87. The summed E-state index contributed by atoms with van der Waals surface area (Å²) in [7, 11) is 1.21. The molecule has 0 saturated heterocycles. The fourth-order valence-electron chi connectivity index (χ4n) is 2.28. The Balaban J connectivity index is 2.12. The molecule has 3 aromatic rings. The largest absolute Gasteiger partial charge is 0.465 e. The molecule has 0 aliphatic carbocycles. The Hall–Kier alpha value is -2.99. The zero-order chi connectivity index (χ0) is 18.7. The van der Waals surface area contributed by atoms with E-state index >= 15 is 0 Å². The number of carbonyl (C=O) groups is 1. The number of pyridine rings is 1. The van der Waals surface area contributed by atoms with Crippen LogP contribution in [0.2, 0.25) is 5.02 Å². The third kappa shape index (κ3) is 3.50. The lowest BCUT2D eigenvalue weighted by Crippen LogP contribution is -2.05. The van der Waals surface area contributed by atoms with E-state index in [1.807, 2.05) is 0 Å². The molecule has 0 aliphatic heterocycles. The van der Waals surface area contributed by atoms with Gasteiger partial charge in [0.15, 0.2) is 11.6 Å². The molecular formula is C19H12ClF2NO3. The number of hydrogen-bond donors (Lipinski definition) is 0. The van der Waals surface area contributed by atoms with Gasteiger partial charge in [-0.2, -0.15) is 0 Å². The highest BCUT2D eigenvalue weighted by atomic mass is 35.5. The lowest BCUT2D eigenvalue weighted by Gasteiger charge is -2.12. The fraction of sp³-hybridized carbons (Fsp3) is 0.0526. The van der Waals surface area contributed by atoms with Gasteiger partial charge in [0.2, 0.25) is 0 Å². The van der Waals surface area contributed by atoms with Gasteiger partial charge in [-0.3, -0.25) is 4.98 Å². The first-order valence-electron chi connectivity index (χ1n) is 7.46. The van der Waals surface area contributed by atoms with E-state index < -0.39 is 17.6 Å². The zero-order valence-corrected chi connectivity index (χ0v) is 14.3. The number of hydrogen-bond acceptors (Lipinski definition) is 4. The van der Waals surface area contributed by atoms with Gasteiger partial charge >= 0.3 is 5.97 Å². The van der Waals surface area contributed by atoms with Crippen molar-refractivity contribution in [1.29, 1.82) is 0 Å². The first-order valence-corrected chi connectivity index (χ1v) is 7.84. The van der Waals surface area contributed by atoms with Gasteiger partial charge in [-0.15, -0.1) is 0 Å². The Labute approximate surface area is 153 Å². The summed E-state index contributed by atoms with van der Waals surface area (Å²) in [4.78, 5) is 16.0. The molecule has 1 heterocycles. The van der Waals surface area contributed by atoms with Crippen LogP contribution >= 0.6 is 11.6 Å². The van der Waals surface area contributed by atoms with E-state index in [0.29, 0.717) is 5.02 Å². The van der Waals surface area contributed by atoms with Crippen molar-refractivity contribution in [3.63, 3.8) is 0 Å². The minimum atomic E-state index is -1.05. The van der Waals surface area contributed by atoms with E-state index in [9.17, 15) is 13.6 Å². The maximum atomic E-state index is 14.1. The number of ether oxygens (including phenoxy) is 2. The fourth-order valence-corrected chi connectivity index (χ4v) is 2.45. The summed E-state index contributed by atoms with van der Waals surface area (Å²) in [5.74, 6) is -2.40. The number of para-hydroxylation sites is 1. The van der Waals surface area contributed by atoms with Crippen molar-refractivity contribution in [3.05, 3.63) is 76.9 Å². The molecule has 0 saturated carbocycles. The molecule has 132 valence electrons. The number of carbonyl (C=O) groups excluding carboxylic acids is 1. The summed E-state index contributed by atoms with van der Waals surface area (Å²) >= 11 is 6.08. The Kier molecular flexibility index (Phi) is 5.14. The monoisotopic (exact) mass is 375 g/mol. The summed E-state index contributed by atoms with van der Waals surface area (Å²) in [6.45, 7) is 0. The summed E-state index contributed by atoms with van der Waals surface area (Å²) in [5.41, 5.74) is 0.0510. The predicted molar refractivity (Wildman–Crippen MR) is 92.5 cm³/mol. The van der Waals surface area contributed by atoms with Crippen LogP contribution in [-0.4, -0.2) is 18.1 Å². The highest BCUT2D eigenvalue weighted by Crippen LogP contribution is 2.34. The normalized spacial score (nSPS) is 10.5. The van der Waals surface area contributed by atoms with Crippen LogP contribution in [0.4, 0.5) is 8.78 Å². The lowest BCUT2D eigenvalue weighted by molar-refractivity contribution is 0.0597. The number of esters is 1. The van der Waals surface area contributed by atoms with E-state index in [4.69, 9.17) is 21.1 Å². The Bertz CT molecular complexity index is 979. The van der Waals surface area contributed by atoms with E-state index in [-0.39, 0.29) is 28.3 Å². The van der Waals surface area contributed by atoms with Crippen molar-refractivity contribution in [2.24, 2.45) is 0 Å². The van der Waals surface area contributed by atoms with E-state index in [1.54, 1.807) is 24.3 Å². The van der Waals surface area contributed by atoms with Crippen LogP contribution in [0.1, 0.15) is 10.4 Å². The van der Waals surface area contributed by atoms with Gasteiger partial charge in [-0.1, -0.05) is 29.8 Å². The van der Waals surface area contributed by atoms with E-state index in [0.717, 1.165) is 6.07 Å². The predicted octanol–water partition coefficient (Wildman–Crippen LogP) is 5.26. The number of methoxy groups -OCH3 is 1. The second-order valence-electron chi connectivity index (χ2n) is 5.19. The Morgan fingerprint density at radius 2 is 1.85 bits per heavy atom. The number of benzene rings is 2. The molecule has 26 heavy (non-hydrogen) atoms. The topological polar surface area (TPSA) is 48.4 Å². The first kappa shape index (κ1) is 17.8. The van der Waals surface area contributed by atoms with Crippen molar-refractivity contribution in [2.75, 3.05) is 7.11 Å². The van der Waals surface area contributed by atoms with Crippen molar-refractivity contribution < 1.29 is 23.0 Å². The second-order valence-corrected chi connectivity index (χ2v) is 5.60. The van der Waals surface area contributed by atoms with E-state index in [1.165, 1.54) is 31.5 Å². The van der Waals surface area contributed by atoms with Gasteiger partial charge in [0.1, 0.15) is 17.1 Å². The van der Waals surface area contributed by atoms with Gasteiger partial charge in [0.05, 0.1) is 17.8 Å². The Morgan fingerprint density at radius 1 is 1.08 bits per heavy atom. The Morgan fingerprint density at radius 3 is 2.58 bits per heavy atom. The number of rotatable bonds is 4. The molecular weight excluding hydrogens is 364 g/mol. The van der Waals surface area contributed by atoms with Gasteiger partial charge in [0.25, 0.3) is 0 Å². The SMILES string of the molecule is COC(=O)c1cnc(-c2cccc(F)c2F)cc1Oc1ccccc1Cl. The van der Waals surface area contributed by atoms with Gasteiger partial charge in [-0.05, 0) is 24.3 Å². The van der Waals surface area contributed by atoms with Crippen LogP contribution in [0, 0.1) is 11.6 Å². The molecule has 0 bridgehead atoms. The lowest BCUT2D eigenvalue weighted by atomic mass is 10.1. The van der Waals surface area contributed by atoms with Crippen LogP contribution in [0.3, 0.4) is 0 Å². The molecule has 7 heteroatoms. The summed E-state index contributed by atoms with van der Waals surface area (Å²) in [6.07, 6.45) is 1.18. The number of aromatic nitrogens is 1. The second kappa shape index (κ2) is 7.49. The molecule has 0 atom stereocenters. The van der Waals surface area contributed by atoms with Crippen LogP contribution in [-0.2, 0) is 4.74 Å². The zero-order valence-electron chi connectivity index (χ0n) is 13.5. The van der Waals surface area contributed by atoms with Crippen molar-refractivity contribution in [1.82, 2.24) is 4.98 Å². The molecule has 1 aromatic heterocycles. The molecule has 0 unspecified atom stereocenters. The minimum Gasteiger partial charge on any atom is -0.465 e. The molecule has 4 nitrogen and oxygen atoms in total.